The highest BCUT2D eigenvalue weighted by molar-refractivity contribution is 5.20. The van der Waals surface area contributed by atoms with Gasteiger partial charge in [-0.15, -0.1) is 0 Å². The molecule has 0 aliphatic heterocycles. The molecular formula is C16H23F2N. The molecule has 0 amide bonds. The Bertz CT molecular complexity index is 419. The summed E-state index contributed by atoms with van der Waals surface area (Å²) in [4.78, 5) is 0. The van der Waals surface area contributed by atoms with E-state index >= 15 is 0 Å². The lowest BCUT2D eigenvalue weighted by molar-refractivity contribution is 0.266. The van der Waals surface area contributed by atoms with Crippen LogP contribution in [0.4, 0.5) is 8.78 Å². The summed E-state index contributed by atoms with van der Waals surface area (Å²) in [7, 11) is 0. The molecule has 1 fully saturated rings. The molecule has 1 aromatic rings. The highest BCUT2D eigenvalue weighted by Crippen LogP contribution is 2.28. The van der Waals surface area contributed by atoms with Gasteiger partial charge in [0.2, 0.25) is 0 Å². The molecule has 0 radical (unpaired) electrons. The summed E-state index contributed by atoms with van der Waals surface area (Å²) in [5.41, 5.74) is 0.817. The van der Waals surface area contributed by atoms with Crippen molar-refractivity contribution in [3.63, 3.8) is 0 Å². The first-order chi connectivity index (χ1) is 9.10. The van der Waals surface area contributed by atoms with Crippen LogP contribution in [0.3, 0.4) is 0 Å². The Balaban J connectivity index is 1.96. The standard InChI is InChI=1S/C16H23F2N/c1-3-12-5-4-6-14(9-12)19-11(2)13-7-8-15(17)16(18)10-13/h7-8,10-12,14,19H,3-6,9H2,1-2H3. The normalized spacial score (nSPS) is 25.3. The van der Waals surface area contributed by atoms with Crippen LogP contribution in [-0.2, 0) is 0 Å². The molecule has 3 unspecified atom stereocenters. The van der Waals surface area contributed by atoms with Crippen molar-refractivity contribution >= 4 is 0 Å². The molecule has 1 aliphatic carbocycles. The average molecular weight is 267 g/mol. The van der Waals surface area contributed by atoms with Gasteiger partial charge < -0.3 is 5.32 Å². The second-order valence-electron chi connectivity index (χ2n) is 5.70. The van der Waals surface area contributed by atoms with Crippen LogP contribution in [0, 0.1) is 17.6 Å². The van der Waals surface area contributed by atoms with Crippen LogP contribution in [0.5, 0.6) is 0 Å². The maximum Gasteiger partial charge on any atom is 0.159 e. The first kappa shape index (κ1) is 14.4. The summed E-state index contributed by atoms with van der Waals surface area (Å²) in [6.45, 7) is 4.26. The van der Waals surface area contributed by atoms with Crippen molar-refractivity contribution in [3.05, 3.63) is 35.4 Å². The van der Waals surface area contributed by atoms with E-state index in [0.717, 1.165) is 11.5 Å². The van der Waals surface area contributed by atoms with E-state index in [4.69, 9.17) is 0 Å². The molecule has 0 aromatic heterocycles. The lowest BCUT2D eigenvalue weighted by Crippen LogP contribution is -2.35. The number of benzene rings is 1. The smallest absolute Gasteiger partial charge is 0.159 e. The Morgan fingerprint density at radius 3 is 2.74 bits per heavy atom. The summed E-state index contributed by atoms with van der Waals surface area (Å²) >= 11 is 0. The molecule has 0 saturated heterocycles. The molecule has 1 N–H and O–H groups in total. The largest absolute Gasteiger partial charge is 0.307 e. The fourth-order valence-electron chi connectivity index (χ4n) is 3.04. The molecule has 19 heavy (non-hydrogen) atoms. The molecule has 1 aromatic carbocycles. The fourth-order valence-corrected chi connectivity index (χ4v) is 3.04. The van der Waals surface area contributed by atoms with Crippen molar-refractivity contribution in [1.82, 2.24) is 5.32 Å². The molecular weight excluding hydrogens is 244 g/mol. The highest BCUT2D eigenvalue weighted by Gasteiger charge is 2.22. The van der Waals surface area contributed by atoms with Gasteiger partial charge in [0.15, 0.2) is 11.6 Å². The topological polar surface area (TPSA) is 12.0 Å². The first-order valence-corrected chi connectivity index (χ1v) is 7.31. The minimum absolute atomic E-state index is 0.0655. The summed E-state index contributed by atoms with van der Waals surface area (Å²) in [6.07, 6.45) is 6.21. The quantitative estimate of drug-likeness (QED) is 0.841. The predicted molar refractivity (Wildman–Crippen MR) is 73.9 cm³/mol. The van der Waals surface area contributed by atoms with Crippen molar-refractivity contribution in [2.45, 2.75) is 58.0 Å². The van der Waals surface area contributed by atoms with E-state index in [1.54, 1.807) is 6.07 Å². The van der Waals surface area contributed by atoms with Crippen LogP contribution in [0.25, 0.3) is 0 Å². The Kier molecular flexibility index (Phi) is 4.92. The summed E-state index contributed by atoms with van der Waals surface area (Å²) in [6, 6.07) is 4.74. The van der Waals surface area contributed by atoms with Gasteiger partial charge in [-0.2, -0.15) is 0 Å². The van der Waals surface area contributed by atoms with E-state index in [9.17, 15) is 8.78 Å². The lowest BCUT2D eigenvalue weighted by atomic mass is 9.84. The second-order valence-corrected chi connectivity index (χ2v) is 5.70. The van der Waals surface area contributed by atoms with Gasteiger partial charge in [-0.25, -0.2) is 8.78 Å². The van der Waals surface area contributed by atoms with Crippen LogP contribution < -0.4 is 5.32 Å². The van der Waals surface area contributed by atoms with Crippen molar-refractivity contribution in [2.75, 3.05) is 0 Å². The molecule has 1 aliphatic rings. The van der Waals surface area contributed by atoms with Gasteiger partial charge in [-0.05, 0) is 43.4 Å². The Morgan fingerprint density at radius 1 is 1.26 bits per heavy atom. The van der Waals surface area contributed by atoms with Crippen molar-refractivity contribution in [1.29, 1.82) is 0 Å². The van der Waals surface area contributed by atoms with Crippen molar-refractivity contribution in [3.8, 4) is 0 Å². The zero-order chi connectivity index (χ0) is 13.8. The highest BCUT2D eigenvalue weighted by atomic mass is 19.2. The third-order valence-electron chi connectivity index (χ3n) is 4.29. The van der Waals surface area contributed by atoms with Crippen LogP contribution >= 0.6 is 0 Å². The molecule has 0 spiro atoms. The van der Waals surface area contributed by atoms with Gasteiger partial charge in [-0.1, -0.05) is 32.3 Å². The molecule has 2 rings (SSSR count). The third kappa shape index (κ3) is 3.75. The average Bonchev–Trinajstić information content (AvgIpc) is 2.42. The van der Waals surface area contributed by atoms with E-state index in [1.807, 2.05) is 6.92 Å². The molecule has 3 heteroatoms. The van der Waals surface area contributed by atoms with Crippen molar-refractivity contribution in [2.24, 2.45) is 5.92 Å². The zero-order valence-corrected chi connectivity index (χ0v) is 11.8. The Hall–Kier alpha value is -0.960. The van der Waals surface area contributed by atoms with Crippen LogP contribution in [-0.4, -0.2) is 6.04 Å². The third-order valence-corrected chi connectivity index (χ3v) is 4.29. The lowest BCUT2D eigenvalue weighted by Gasteiger charge is -2.31. The number of hydrogen-bond acceptors (Lipinski definition) is 1. The van der Waals surface area contributed by atoms with Gasteiger partial charge >= 0.3 is 0 Å². The molecule has 3 atom stereocenters. The predicted octanol–water partition coefficient (Wildman–Crippen LogP) is 4.58. The molecule has 1 nitrogen and oxygen atoms in total. The fraction of sp³-hybridized carbons (Fsp3) is 0.625. The zero-order valence-electron chi connectivity index (χ0n) is 11.8. The van der Waals surface area contributed by atoms with E-state index in [1.165, 1.54) is 44.2 Å². The van der Waals surface area contributed by atoms with Crippen molar-refractivity contribution < 1.29 is 8.78 Å². The van der Waals surface area contributed by atoms with E-state index in [0.29, 0.717) is 6.04 Å². The minimum atomic E-state index is -0.778. The maximum absolute atomic E-state index is 13.2. The number of rotatable bonds is 4. The van der Waals surface area contributed by atoms with Gasteiger partial charge in [0.05, 0.1) is 0 Å². The molecule has 1 saturated carbocycles. The SMILES string of the molecule is CCC1CCCC(NC(C)c2ccc(F)c(F)c2)C1. The second kappa shape index (κ2) is 6.47. The van der Waals surface area contributed by atoms with E-state index in [-0.39, 0.29) is 6.04 Å². The van der Waals surface area contributed by atoms with E-state index < -0.39 is 11.6 Å². The summed E-state index contributed by atoms with van der Waals surface area (Å²) < 4.78 is 26.2. The number of nitrogens with one attached hydrogen (secondary N) is 1. The van der Waals surface area contributed by atoms with Gasteiger partial charge in [0.25, 0.3) is 0 Å². The van der Waals surface area contributed by atoms with Crippen LogP contribution in [0.2, 0.25) is 0 Å². The molecule has 0 heterocycles. The van der Waals surface area contributed by atoms with E-state index in [2.05, 4.69) is 12.2 Å². The minimum Gasteiger partial charge on any atom is -0.307 e. The number of hydrogen-bond donors (Lipinski definition) is 1. The Morgan fingerprint density at radius 2 is 2.05 bits per heavy atom. The van der Waals surface area contributed by atoms with Crippen LogP contribution in [0.15, 0.2) is 18.2 Å². The first-order valence-electron chi connectivity index (χ1n) is 7.31. The van der Waals surface area contributed by atoms with Gasteiger partial charge in [0, 0.05) is 12.1 Å². The maximum atomic E-state index is 13.2. The molecule has 0 bridgehead atoms. The summed E-state index contributed by atoms with van der Waals surface area (Å²) in [5.74, 6) is -0.732. The monoisotopic (exact) mass is 267 g/mol. The van der Waals surface area contributed by atoms with Crippen LogP contribution in [0.1, 0.15) is 57.6 Å². The Labute approximate surface area is 114 Å². The van der Waals surface area contributed by atoms with Gasteiger partial charge in [-0.3, -0.25) is 0 Å². The van der Waals surface area contributed by atoms with Gasteiger partial charge in [0.1, 0.15) is 0 Å². The molecule has 106 valence electrons. The number of halogens is 2. The summed E-state index contributed by atoms with van der Waals surface area (Å²) in [5, 5.41) is 3.56.